The fourth-order valence-electron chi connectivity index (χ4n) is 4.85. The molecular weight excluding hydrogens is 514 g/mol. The van der Waals surface area contributed by atoms with Crippen LogP contribution >= 0.6 is 0 Å². The van der Waals surface area contributed by atoms with E-state index < -0.39 is 28.3 Å². The highest BCUT2D eigenvalue weighted by molar-refractivity contribution is 7.89. The van der Waals surface area contributed by atoms with Crippen LogP contribution in [0.2, 0.25) is 0 Å². The van der Waals surface area contributed by atoms with Gasteiger partial charge in [0.2, 0.25) is 0 Å². The number of hydrogen-bond acceptors (Lipinski definition) is 5. The maximum absolute atomic E-state index is 12.9. The lowest BCUT2D eigenvalue weighted by Crippen LogP contribution is -2.43. The molecule has 1 heterocycles. The third kappa shape index (κ3) is 5.58. The minimum atomic E-state index is -3.89. The number of nitrogens with zero attached hydrogens (tertiary/aromatic N) is 2. The first kappa shape index (κ1) is 26.2. The van der Waals surface area contributed by atoms with E-state index in [1.807, 2.05) is 68.4 Å². The molecule has 2 atom stereocenters. The van der Waals surface area contributed by atoms with Crippen molar-refractivity contribution < 1.29 is 23.1 Å². The van der Waals surface area contributed by atoms with E-state index in [4.69, 9.17) is 4.74 Å². The van der Waals surface area contributed by atoms with Crippen LogP contribution in [0.4, 0.5) is 4.79 Å². The van der Waals surface area contributed by atoms with E-state index in [9.17, 15) is 18.3 Å². The molecule has 1 aliphatic rings. The Morgan fingerprint density at radius 1 is 1.03 bits per heavy atom. The van der Waals surface area contributed by atoms with Gasteiger partial charge in [-0.1, -0.05) is 72.3 Å². The number of rotatable bonds is 7. The molecule has 4 aromatic carbocycles. The Morgan fingerprint density at radius 2 is 1.72 bits per heavy atom. The molecule has 0 fully saturated rings. The zero-order valence-electron chi connectivity index (χ0n) is 21.6. The minimum Gasteiger partial charge on any atom is -0.487 e. The van der Waals surface area contributed by atoms with Gasteiger partial charge in [-0.3, -0.25) is 4.90 Å². The number of ether oxygens (including phenoxy) is 1. The molecule has 4 aromatic rings. The van der Waals surface area contributed by atoms with Gasteiger partial charge in [0.25, 0.3) is 10.0 Å². The predicted octanol–water partition coefficient (Wildman–Crippen LogP) is 5.72. The summed E-state index contributed by atoms with van der Waals surface area (Å²) in [6.07, 6.45) is -1.42. The summed E-state index contributed by atoms with van der Waals surface area (Å²) in [4.78, 5) is 16.2. The number of hydrazone groups is 1. The van der Waals surface area contributed by atoms with Crippen molar-refractivity contribution in [2.75, 3.05) is 6.54 Å². The Morgan fingerprint density at radius 3 is 2.49 bits per heavy atom. The quantitative estimate of drug-likeness (QED) is 0.290. The number of carbonyl (C=O) groups is 1. The summed E-state index contributed by atoms with van der Waals surface area (Å²) in [6.45, 7) is 3.81. The van der Waals surface area contributed by atoms with E-state index in [2.05, 4.69) is 9.93 Å². The zero-order chi connectivity index (χ0) is 27.6. The third-order valence-electron chi connectivity index (χ3n) is 6.93. The summed E-state index contributed by atoms with van der Waals surface area (Å²) < 4.78 is 31.9. The van der Waals surface area contributed by atoms with Gasteiger partial charge in [-0.05, 0) is 54.4 Å². The summed E-state index contributed by atoms with van der Waals surface area (Å²) >= 11 is 0. The first-order valence-corrected chi connectivity index (χ1v) is 14.1. The summed E-state index contributed by atoms with van der Waals surface area (Å²) in [5.41, 5.74) is 2.97. The molecule has 0 aromatic heterocycles. The average Bonchev–Trinajstić information content (AvgIpc) is 2.94. The minimum absolute atomic E-state index is 0.0672. The number of hydrogen-bond donors (Lipinski definition) is 2. The van der Waals surface area contributed by atoms with Gasteiger partial charge in [-0.2, -0.15) is 18.4 Å². The second-order valence-electron chi connectivity index (χ2n) is 9.59. The van der Waals surface area contributed by atoms with Gasteiger partial charge >= 0.3 is 6.09 Å². The molecule has 8 nitrogen and oxygen atoms in total. The van der Waals surface area contributed by atoms with Crippen LogP contribution in [0.25, 0.3) is 10.8 Å². The molecule has 9 heteroatoms. The highest BCUT2D eigenvalue weighted by Gasteiger charge is 2.31. The highest BCUT2D eigenvalue weighted by atomic mass is 32.2. The van der Waals surface area contributed by atoms with Crippen molar-refractivity contribution >= 4 is 32.6 Å². The van der Waals surface area contributed by atoms with E-state index in [-0.39, 0.29) is 17.9 Å². The molecule has 5 rings (SSSR count). The summed E-state index contributed by atoms with van der Waals surface area (Å²) in [5.74, 6) is 0.519. The van der Waals surface area contributed by atoms with Gasteiger partial charge in [0.15, 0.2) is 0 Å². The van der Waals surface area contributed by atoms with Crippen LogP contribution in [0.5, 0.6) is 5.75 Å². The highest BCUT2D eigenvalue weighted by Crippen LogP contribution is 2.32. The topological polar surface area (TPSA) is 108 Å². The lowest BCUT2D eigenvalue weighted by Gasteiger charge is -2.34. The monoisotopic (exact) mass is 543 g/mol. The maximum Gasteiger partial charge on any atom is 0.407 e. The molecule has 0 bridgehead atoms. The lowest BCUT2D eigenvalue weighted by atomic mass is 9.97. The van der Waals surface area contributed by atoms with E-state index in [0.717, 1.165) is 21.9 Å². The van der Waals surface area contributed by atoms with Crippen molar-refractivity contribution in [1.82, 2.24) is 9.73 Å². The van der Waals surface area contributed by atoms with Crippen LogP contribution in [0.3, 0.4) is 0 Å². The molecular formula is C30H29N3O5S. The van der Waals surface area contributed by atoms with E-state index in [1.54, 1.807) is 24.3 Å². The summed E-state index contributed by atoms with van der Waals surface area (Å²) in [6, 6.07) is 27.0. The lowest BCUT2D eigenvalue weighted by molar-refractivity contribution is 0.0908. The molecule has 0 radical (unpaired) electrons. The summed E-state index contributed by atoms with van der Waals surface area (Å²) in [5, 5.41) is 16.5. The molecule has 0 spiro atoms. The molecule has 0 unspecified atom stereocenters. The zero-order valence-corrected chi connectivity index (χ0v) is 22.4. The van der Waals surface area contributed by atoms with Crippen molar-refractivity contribution in [2.45, 2.75) is 37.3 Å². The largest absolute Gasteiger partial charge is 0.487 e. The number of benzene rings is 4. The summed E-state index contributed by atoms with van der Waals surface area (Å²) in [7, 11) is -3.89. The second-order valence-corrected chi connectivity index (χ2v) is 11.2. The fraction of sp³-hybridized carbons (Fsp3) is 0.200. The molecule has 0 saturated heterocycles. The van der Waals surface area contributed by atoms with Crippen molar-refractivity contribution in [1.29, 1.82) is 0 Å². The third-order valence-corrected chi connectivity index (χ3v) is 8.16. The smallest absolute Gasteiger partial charge is 0.407 e. The van der Waals surface area contributed by atoms with Crippen molar-refractivity contribution in [3.8, 4) is 5.75 Å². The Bertz CT molecular complexity index is 1650. The van der Waals surface area contributed by atoms with Crippen LogP contribution in [-0.4, -0.2) is 42.9 Å². The molecule has 1 amide bonds. The maximum atomic E-state index is 12.9. The number of nitrogens with one attached hydrogen (secondary N) is 1. The van der Waals surface area contributed by atoms with Crippen LogP contribution in [0, 0.1) is 6.92 Å². The van der Waals surface area contributed by atoms with E-state index in [0.29, 0.717) is 17.0 Å². The van der Waals surface area contributed by atoms with Crippen molar-refractivity contribution in [2.24, 2.45) is 5.10 Å². The number of fused-ring (bicyclic) bond motifs is 2. The van der Waals surface area contributed by atoms with Crippen molar-refractivity contribution in [3.05, 3.63) is 108 Å². The van der Waals surface area contributed by atoms with Gasteiger partial charge in [0.1, 0.15) is 11.9 Å². The van der Waals surface area contributed by atoms with Gasteiger partial charge in [0, 0.05) is 12.0 Å². The normalized spacial score (nSPS) is 16.8. The number of carboxylic acid groups (broad SMARTS) is 1. The average molecular weight is 544 g/mol. The van der Waals surface area contributed by atoms with E-state index >= 15 is 0 Å². The first-order valence-electron chi connectivity index (χ1n) is 12.6. The molecule has 1 aliphatic heterocycles. The number of aryl methyl sites for hydroxylation is 1. The standard InChI is InChI=1S/C30H29N3O5S/c1-20-14-16-24(17-15-20)39(36,37)32-31-28-18-23(38-29-13-6-5-11-27(28)29)19-33(30(34)35)21(2)25-12-7-9-22-8-3-4-10-26(22)25/h3-17,21,23,32H,18-19H2,1-2H3,(H,34,35)/b31-28+/t21-,23-/m1/s1. The Balaban J connectivity index is 1.42. The predicted molar refractivity (Wildman–Crippen MR) is 151 cm³/mol. The van der Waals surface area contributed by atoms with Crippen LogP contribution < -0.4 is 9.57 Å². The number of para-hydroxylation sites is 1. The molecule has 2 N–H and O–H groups in total. The van der Waals surface area contributed by atoms with E-state index in [1.165, 1.54) is 17.0 Å². The van der Waals surface area contributed by atoms with Crippen LogP contribution in [-0.2, 0) is 10.0 Å². The van der Waals surface area contributed by atoms with Gasteiger partial charge in [-0.15, -0.1) is 0 Å². The second kappa shape index (κ2) is 10.8. The Kier molecular flexibility index (Phi) is 7.26. The SMILES string of the molecule is Cc1ccc(S(=O)(=O)N/N=C2\C[C@H](CN(C(=O)O)[C@H](C)c3cccc4ccccc34)Oc3ccccc32)cc1. The number of amides is 1. The van der Waals surface area contributed by atoms with Gasteiger partial charge in [-0.25, -0.2) is 4.79 Å². The van der Waals surface area contributed by atoms with Crippen LogP contribution in [0.15, 0.2) is 101 Å². The first-order chi connectivity index (χ1) is 18.7. The Hall–Kier alpha value is -4.37. The fourth-order valence-corrected chi connectivity index (χ4v) is 5.68. The van der Waals surface area contributed by atoms with Crippen molar-refractivity contribution in [3.63, 3.8) is 0 Å². The molecule has 0 saturated carbocycles. The van der Waals surface area contributed by atoms with Crippen LogP contribution in [0.1, 0.15) is 36.1 Å². The Labute approximate surface area is 227 Å². The number of sulfonamides is 1. The molecule has 200 valence electrons. The molecule has 39 heavy (non-hydrogen) atoms. The molecule has 0 aliphatic carbocycles. The van der Waals surface area contributed by atoms with Gasteiger partial charge in [0.05, 0.1) is 23.2 Å². The van der Waals surface area contributed by atoms with Gasteiger partial charge < -0.3 is 9.84 Å².